The van der Waals surface area contributed by atoms with Gasteiger partial charge in [-0.15, -0.1) is 0 Å². The van der Waals surface area contributed by atoms with Gasteiger partial charge in [0.15, 0.2) is 6.10 Å². The maximum absolute atomic E-state index is 12.7. The van der Waals surface area contributed by atoms with Crippen LogP contribution in [0.4, 0.5) is 0 Å². The molecule has 6 heteroatoms. The van der Waals surface area contributed by atoms with Crippen LogP contribution >= 0.6 is 0 Å². The Balaban J connectivity index is 3.99. The number of esters is 3. The van der Waals surface area contributed by atoms with Crippen LogP contribution in [-0.4, -0.2) is 37.2 Å². The molecule has 1 atom stereocenters. The second-order valence-corrected chi connectivity index (χ2v) is 19.9. The van der Waals surface area contributed by atoms with Crippen molar-refractivity contribution in [3.05, 3.63) is 12.2 Å². The van der Waals surface area contributed by atoms with Crippen LogP contribution in [0, 0.1) is 0 Å². The van der Waals surface area contributed by atoms with E-state index < -0.39 is 6.10 Å². The van der Waals surface area contributed by atoms with Crippen LogP contribution in [0.25, 0.3) is 0 Å². The summed E-state index contributed by atoms with van der Waals surface area (Å²) in [6, 6.07) is 0. The molecule has 0 aromatic carbocycles. The number of ether oxygens (including phenoxy) is 3. The van der Waals surface area contributed by atoms with Gasteiger partial charge in [0, 0.05) is 19.3 Å². The molecule has 0 fully saturated rings. The van der Waals surface area contributed by atoms with Crippen molar-refractivity contribution >= 4 is 17.9 Å². The molecule has 0 amide bonds. The summed E-state index contributed by atoms with van der Waals surface area (Å²) >= 11 is 0. The number of allylic oxidation sites excluding steroid dienone is 2. The maximum atomic E-state index is 12.7. The third-order valence-corrected chi connectivity index (χ3v) is 13.3. The van der Waals surface area contributed by atoms with E-state index in [4.69, 9.17) is 14.2 Å². The number of hydrogen-bond donors (Lipinski definition) is 0. The minimum absolute atomic E-state index is 0.0688. The smallest absolute Gasteiger partial charge is 0.306 e. The zero-order chi connectivity index (χ0) is 47.2. The Morgan fingerprint density at radius 2 is 0.508 bits per heavy atom. The van der Waals surface area contributed by atoms with E-state index in [9.17, 15) is 14.4 Å². The average Bonchev–Trinajstić information content (AvgIpc) is 3.30. The first-order valence-corrected chi connectivity index (χ1v) is 29.2. The lowest BCUT2D eigenvalue weighted by Crippen LogP contribution is -2.30. The van der Waals surface area contributed by atoms with Gasteiger partial charge in [0.2, 0.25) is 0 Å². The molecule has 0 heterocycles. The molecule has 6 nitrogen and oxygen atoms in total. The van der Waals surface area contributed by atoms with Crippen LogP contribution in [-0.2, 0) is 28.6 Å². The number of unbranched alkanes of at least 4 members (excludes halogenated alkanes) is 41. The molecule has 0 radical (unpaired) electrons. The zero-order valence-corrected chi connectivity index (χ0v) is 44.0. The van der Waals surface area contributed by atoms with Crippen LogP contribution in [0.1, 0.15) is 329 Å². The fourth-order valence-corrected chi connectivity index (χ4v) is 8.85. The van der Waals surface area contributed by atoms with Gasteiger partial charge in [0.05, 0.1) is 0 Å². The Labute approximate surface area is 405 Å². The molecule has 0 aromatic rings. The topological polar surface area (TPSA) is 78.9 Å². The summed E-state index contributed by atoms with van der Waals surface area (Å²) in [7, 11) is 0. The third-order valence-electron chi connectivity index (χ3n) is 13.3. The van der Waals surface area contributed by atoms with E-state index in [1.54, 1.807) is 0 Å². The van der Waals surface area contributed by atoms with Gasteiger partial charge >= 0.3 is 17.9 Å². The summed E-state index contributed by atoms with van der Waals surface area (Å²) in [4.78, 5) is 37.8. The molecule has 1 unspecified atom stereocenters. The predicted octanol–water partition coefficient (Wildman–Crippen LogP) is 19.3. The maximum Gasteiger partial charge on any atom is 0.306 e. The standard InChI is InChI=1S/C59H112O6/c1-4-7-10-13-16-18-20-22-24-25-26-27-28-29-30-31-32-33-34-35-36-38-39-41-43-46-49-52-58(61)64-55-56(54-63-57(60)51-48-45-15-12-9-6-3)65-59(62)53-50-47-44-42-40-37-23-21-19-17-14-11-8-5-2/h21,23,56H,4-20,22,24-55H2,1-3H3/b23-21-. The fourth-order valence-electron chi connectivity index (χ4n) is 8.85. The molecular formula is C59H112O6. The number of hydrogen-bond acceptors (Lipinski definition) is 6. The molecule has 0 aliphatic heterocycles. The van der Waals surface area contributed by atoms with Crippen LogP contribution in [0.2, 0.25) is 0 Å². The van der Waals surface area contributed by atoms with Crippen molar-refractivity contribution in [2.24, 2.45) is 0 Å². The minimum Gasteiger partial charge on any atom is -0.462 e. The van der Waals surface area contributed by atoms with Crippen molar-refractivity contribution < 1.29 is 28.6 Å². The Hall–Kier alpha value is -1.85. The molecular weight excluding hydrogens is 805 g/mol. The highest BCUT2D eigenvalue weighted by molar-refractivity contribution is 5.71. The summed E-state index contributed by atoms with van der Waals surface area (Å²) in [5.74, 6) is -0.869. The van der Waals surface area contributed by atoms with Crippen molar-refractivity contribution in [3.63, 3.8) is 0 Å². The van der Waals surface area contributed by atoms with Gasteiger partial charge in [0.25, 0.3) is 0 Å². The molecule has 384 valence electrons. The highest BCUT2D eigenvalue weighted by Gasteiger charge is 2.19. The lowest BCUT2D eigenvalue weighted by atomic mass is 10.0. The molecule has 65 heavy (non-hydrogen) atoms. The highest BCUT2D eigenvalue weighted by atomic mass is 16.6. The van der Waals surface area contributed by atoms with E-state index >= 15 is 0 Å². The molecule has 0 rings (SSSR count). The van der Waals surface area contributed by atoms with E-state index in [1.165, 1.54) is 225 Å². The lowest BCUT2D eigenvalue weighted by Gasteiger charge is -2.18. The molecule has 0 N–H and O–H groups in total. The highest BCUT2D eigenvalue weighted by Crippen LogP contribution is 2.17. The largest absolute Gasteiger partial charge is 0.462 e. The van der Waals surface area contributed by atoms with Crippen molar-refractivity contribution in [2.45, 2.75) is 335 Å². The predicted molar refractivity (Wildman–Crippen MR) is 280 cm³/mol. The normalized spacial score (nSPS) is 12.0. The second kappa shape index (κ2) is 54.8. The van der Waals surface area contributed by atoms with Gasteiger partial charge in [-0.3, -0.25) is 14.4 Å². The fraction of sp³-hybridized carbons (Fsp3) is 0.915. The van der Waals surface area contributed by atoms with Gasteiger partial charge in [-0.05, 0) is 44.9 Å². The minimum atomic E-state index is -0.767. The zero-order valence-electron chi connectivity index (χ0n) is 44.0. The molecule has 0 aliphatic rings. The summed E-state index contributed by atoms with van der Waals surface area (Å²) < 4.78 is 16.7. The average molecular weight is 918 g/mol. The SMILES string of the molecule is CCCCCCC/C=C\CCCCCCCC(=O)OC(COC(=O)CCCCCCCC)COC(=O)CCCCCCCCCCCCCCCCCCCCCCCCCCCCC. The first-order chi connectivity index (χ1) is 32.0. The first kappa shape index (κ1) is 63.1. The van der Waals surface area contributed by atoms with Gasteiger partial charge in [0.1, 0.15) is 13.2 Å². The summed E-state index contributed by atoms with van der Waals surface area (Å²) in [6.45, 7) is 6.61. The Kier molecular flexibility index (Phi) is 53.2. The Bertz CT molecular complexity index is 1010. The number of carbonyl (C=O) groups is 3. The van der Waals surface area contributed by atoms with Crippen LogP contribution in [0.5, 0.6) is 0 Å². The summed E-state index contributed by atoms with van der Waals surface area (Å²) in [6.07, 6.45) is 62.6. The van der Waals surface area contributed by atoms with Crippen LogP contribution < -0.4 is 0 Å². The van der Waals surface area contributed by atoms with E-state index in [-0.39, 0.29) is 31.1 Å². The monoisotopic (exact) mass is 917 g/mol. The Morgan fingerprint density at radius 3 is 0.769 bits per heavy atom. The molecule has 0 aliphatic carbocycles. The van der Waals surface area contributed by atoms with E-state index in [1.807, 2.05) is 0 Å². The van der Waals surface area contributed by atoms with Gasteiger partial charge in [-0.2, -0.15) is 0 Å². The quantitative estimate of drug-likeness (QED) is 0.0262. The molecule has 0 aromatic heterocycles. The van der Waals surface area contributed by atoms with Crippen molar-refractivity contribution in [1.82, 2.24) is 0 Å². The molecule has 0 bridgehead atoms. The number of rotatable bonds is 54. The van der Waals surface area contributed by atoms with E-state index in [0.717, 1.165) is 64.2 Å². The van der Waals surface area contributed by atoms with E-state index in [2.05, 4.69) is 32.9 Å². The third kappa shape index (κ3) is 53.0. The van der Waals surface area contributed by atoms with Crippen molar-refractivity contribution in [2.75, 3.05) is 13.2 Å². The first-order valence-electron chi connectivity index (χ1n) is 29.2. The molecule has 0 saturated carbocycles. The van der Waals surface area contributed by atoms with Gasteiger partial charge < -0.3 is 14.2 Å². The lowest BCUT2D eigenvalue weighted by molar-refractivity contribution is -0.167. The van der Waals surface area contributed by atoms with Crippen molar-refractivity contribution in [3.8, 4) is 0 Å². The molecule has 0 spiro atoms. The van der Waals surface area contributed by atoms with Crippen LogP contribution in [0.15, 0.2) is 12.2 Å². The number of carbonyl (C=O) groups excluding carboxylic acids is 3. The van der Waals surface area contributed by atoms with Crippen molar-refractivity contribution in [1.29, 1.82) is 0 Å². The Morgan fingerprint density at radius 1 is 0.292 bits per heavy atom. The summed E-state index contributed by atoms with van der Waals surface area (Å²) in [5, 5.41) is 0. The van der Waals surface area contributed by atoms with Crippen LogP contribution in [0.3, 0.4) is 0 Å². The van der Waals surface area contributed by atoms with Gasteiger partial charge in [-0.1, -0.05) is 277 Å². The second-order valence-electron chi connectivity index (χ2n) is 19.9. The van der Waals surface area contributed by atoms with E-state index in [0.29, 0.717) is 19.3 Å². The summed E-state index contributed by atoms with van der Waals surface area (Å²) in [5.41, 5.74) is 0. The van der Waals surface area contributed by atoms with Gasteiger partial charge in [-0.25, -0.2) is 0 Å². The molecule has 0 saturated heterocycles.